The Morgan fingerprint density at radius 3 is 1.59 bits per heavy atom. The fourth-order valence-electron chi connectivity index (χ4n) is 2.82. The van der Waals surface area contributed by atoms with E-state index in [0.717, 1.165) is 51.4 Å². The molecule has 190 valence electrons. The van der Waals surface area contributed by atoms with Crippen LogP contribution in [0, 0.1) is 11.8 Å². The summed E-state index contributed by atoms with van der Waals surface area (Å²) in [5.74, 6) is -1.61. The monoisotopic (exact) mass is 728 g/mol. The summed E-state index contributed by atoms with van der Waals surface area (Å²) in [6.45, 7) is 8.35. The molecule has 3 unspecified atom stereocenters. The first-order valence-electron chi connectivity index (χ1n) is 10.5. The van der Waals surface area contributed by atoms with Crippen molar-refractivity contribution in [3.05, 3.63) is 0 Å². The van der Waals surface area contributed by atoms with E-state index in [-0.39, 0.29) is 107 Å². The molecule has 0 aromatic carbocycles. The van der Waals surface area contributed by atoms with Crippen molar-refractivity contribution in [2.75, 3.05) is 13.2 Å². The molecule has 1 N–H and O–H groups in total. The Bertz CT molecular complexity index is 568. The summed E-state index contributed by atoms with van der Waals surface area (Å²) < 4.78 is 42.8. The summed E-state index contributed by atoms with van der Waals surface area (Å²) in [6.07, 6.45) is 6.74. The van der Waals surface area contributed by atoms with Crippen LogP contribution in [0.2, 0.25) is 0 Å². The molecule has 0 saturated carbocycles. The Balaban J connectivity index is -0.000000607. The van der Waals surface area contributed by atoms with Gasteiger partial charge in [-0.25, -0.2) is 0 Å². The molecule has 0 aliphatic heterocycles. The molecule has 0 heterocycles. The van der Waals surface area contributed by atoms with Crippen LogP contribution >= 0.6 is 24.8 Å². The van der Waals surface area contributed by atoms with E-state index >= 15 is 0 Å². The number of rotatable bonds is 16. The third-order valence-electron chi connectivity index (χ3n) is 5.00. The standard InChI is InChI=1S/C20H38O7S.2ClH.Na.Pb.3H/c1-5-9-11-16(7-3)14-26-19(21)13-18(28(23,24)25)20(22)27-15-17(8-4)12-10-6-2;;;;;;;/h16-18H,5-15H2,1-4H3,(H,23,24,25);2*1H;;;;;. The third-order valence-corrected chi connectivity index (χ3v) is 6.08. The number of carbonyl (C=O) groups is 2. The Morgan fingerprint density at radius 2 is 1.25 bits per heavy atom. The second-order valence-electron chi connectivity index (χ2n) is 7.35. The number of hydrogen-bond donors (Lipinski definition) is 1. The van der Waals surface area contributed by atoms with E-state index in [4.69, 9.17) is 9.47 Å². The van der Waals surface area contributed by atoms with Crippen LogP contribution in [0.3, 0.4) is 0 Å². The van der Waals surface area contributed by atoms with E-state index < -0.39 is 33.7 Å². The van der Waals surface area contributed by atoms with Crippen LogP contribution in [0.1, 0.15) is 85.5 Å². The molecular formula is C20H43Cl2NaO7PbS. The van der Waals surface area contributed by atoms with Gasteiger partial charge in [-0.1, -0.05) is 66.2 Å². The molecular weight excluding hydrogens is 685 g/mol. The van der Waals surface area contributed by atoms with Crippen molar-refractivity contribution in [1.29, 1.82) is 0 Å². The van der Waals surface area contributed by atoms with Crippen LogP contribution in [0.5, 0.6) is 0 Å². The second kappa shape index (κ2) is 25.4. The summed E-state index contributed by atoms with van der Waals surface area (Å²) in [5, 5.41) is -1.95. The predicted molar refractivity (Wildman–Crippen MR) is 139 cm³/mol. The molecule has 32 heavy (non-hydrogen) atoms. The van der Waals surface area contributed by atoms with Gasteiger partial charge in [-0.3, -0.25) is 14.1 Å². The quantitative estimate of drug-likeness (QED) is 0.148. The number of unbranched alkanes of at least 4 members (excludes halogenated alkanes) is 2. The molecule has 0 aliphatic carbocycles. The number of hydrogen-bond acceptors (Lipinski definition) is 6. The first-order valence-corrected chi connectivity index (χ1v) is 12.0. The Hall–Kier alpha value is 1.35. The molecule has 12 heteroatoms. The number of esters is 2. The Labute approximate surface area is 249 Å². The van der Waals surface area contributed by atoms with E-state index in [1.54, 1.807) is 0 Å². The first kappa shape index (κ1) is 43.4. The fraction of sp³-hybridized carbons (Fsp3) is 0.900. The molecule has 0 aromatic rings. The van der Waals surface area contributed by atoms with Crippen LogP contribution in [0.4, 0.5) is 0 Å². The van der Waals surface area contributed by atoms with Gasteiger partial charge < -0.3 is 9.47 Å². The van der Waals surface area contributed by atoms with Crippen molar-refractivity contribution in [1.82, 2.24) is 0 Å². The van der Waals surface area contributed by atoms with Crippen LogP contribution in [-0.2, 0) is 29.2 Å². The van der Waals surface area contributed by atoms with Gasteiger partial charge in [0.05, 0.1) is 19.6 Å². The van der Waals surface area contributed by atoms with Gasteiger partial charge >= 0.3 is 68.8 Å². The van der Waals surface area contributed by atoms with Crippen molar-refractivity contribution < 1.29 is 32.0 Å². The summed E-state index contributed by atoms with van der Waals surface area (Å²) >= 11 is 0. The van der Waals surface area contributed by atoms with Crippen molar-refractivity contribution in [3.8, 4) is 0 Å². The van der Waals surface area contributed by atoms with Crippen molar-refractivity contribution >= 4 is 104 Å². The van der Waals surface area contributed by atoms with Crippen LogP contribution < -0.4 is 0 Å². The van der Waals surface area contributed by atoms with E-state index in [2.05, 4.69) is 13.8 Å². The number of ether oxygens (including phenoxy) is 2. The number of carbonyl (C=O) groups excluding carboxylic acids is 2. The summed E-state index contributed by atoms with van der Waals surface area (Å²) in [7, 11) is -4.76. The van der Waals surface area contributed by atoms with Crippen molar-refractivity contribution in [3.63, 3.8) is 0 Å². The van der Waals surface area contributed by atoms with Gasteiger partial charge in [0.25, 0.3) is 10.1 Å². The average Bonchev–Trinajstić information content (AvgIpc) is 2.65. The van der Waals surface area contributed by atoms with Gasteiger partial charge in [-0.2, -0.15) is 8.42 Å². The zero-order chi connectivity index (χ0) is 21.6. The van der Waals surface area contributed by atoms with Crippen LogP contribution in [-0.4, -0.2) is 100 Å². The van der Waals surface area contributed by atoms with E-state index in [1.807, 2.05) is 13.8 Å². The Morgan fingerprint density at radius 1 is 0.844 bits per heavy atom. The molecule has 0 amide bonds. The molecule has 0 fully saturated rings. The number of halogens is 2. The van der Waals surface area contributed by atoms with Gasteiger partial charge in [0.15, 0.2) is 5.25 Å². The molecule has 2 radical (unpaired) electrons. The minimum absolute atomic E-state index is 0. The predicted octanol–water partition coefficient (Wildman–Crippen LogP) is 3.43. The molecule has 0 saturated heterocycles. The zero-order valence-corrected chi connectivity index (χ0v) is 27.3. The maximum absolute atomic E-state index is 12.2. The molecule has 7 nitrogen and oxygen atoms in total. The summed E-state index contributed by atoms with van der Waals surface area (Å²) in [6, 6.07) is 0. The Kier molecular flexibility index (Phi) is 34.5. The minimum atomic E-state index is -4.76. The van der Waals surface area contributed by atoms with Crippen molar-refractivity contribution in [2.45, 2.75) is 90.7 Å². The van der Waals surface area contributed by atoms with E-state index in [0.29, 0.717) is 0 Å². The molecule has 0 bridgehead atoms. The molecule has 3 atom stereocenters. The normalized spacial score (nSPS) is 13.0. The molecule has 0 aliphatic rings. The van der Waals surface area contributed by atoms with Gasteiger partial charge in [0, 0.05) is 0 Å². The summed E-state index contributed by atoms with van der Waals surface area (Å²) in [4.78, 5) is 24.2. The zero-order valence-electron chi connectivity index (χ0n) is 19.3. The third kappa shape index (κ3) is 20.7. The SMILES string of the molecule is CCCCC(CC)COC(=O)CC(C(=O)OCC(CC)CCCC)S(=O)(=O)O.Cl.Cl.[NaH].[PbH2]. The van der Waals surface area contributed by atoms with E-state index in [9.17, 15) is 22.6 Å². The first-order chi connectivity index (χ1) is 13.2. The van der Waals surface area contributed by atoms with Gasteiger partial charge in [-0.15, -0.1) is 24.8 Å². The second-order valence-corrected chi connectivity index (χ2v) is 8.95. The molecule has 0 spiro atoms. The average molecular weight is 729 g/mol. The van der Waals surface area contributed by atoms with Crippen LogP contribution in [0.15, 0.2) is 0 Å². The van der Waals surface area contributed by atoms with Crippen LogP contribution in [0.25, 0.3) is 0 Å². The van der Waals surface area contributed by atoms with Gasteiger partial charge in [-0.05, 0) is 24.7 Å². The topological polar surface area (TPSA) is 107 Å². The van der Waals surface area contributed by atoms with Crippen molar-refractivity contribution in [2.24, 2.45) is 11.8 Å². The summed E-state index contributed by atoms with van der Waals surface area (Å²) in [5.41, 5.74) is 0. The van der Waals surface area contributed by atoms with Gasteiger partial charge in [0.1, 0.15) is 0 Å². The maximum atomic E-state index is 12.2. The van der Waals surface area contributed by atoms with Gasteiger partial charge in [0.2, 0.25) is 0 Å². The molecule has 0 aromatic heterocycles. The molecule has 0 rings (SSSR count). The van der Waals surface area contributed by atoms with E-state index in [1.165, 1.54) is 0 Å². The fourth-order valence-corrected chi connectivity index (χ4v) is 3.48.